The maximum Gasteiger partial charge on any atom is 0.264 e. The van der Waals surface area contributed by atoms with E-state index < -0.39 is 10.0 Å². The molecule has 1 atom stereocenters. The zero-order valence-corrected chi connectivity index (χ0v) is 28.4. The molecule has 1 aliphatic rings. The minimum absolute atomic E-state index is 0.0803. The summed E-state index contributed by atoms with van der Waals surface area (Å²) in [6, 6.07) is 20.5. The molecule has 10 nitrogen and oxygen atoms in total. The van der Waals surface area contributed by atoms with Crippen LogP contribution in [0.5, 0.6) is 5.88 Å². The Morgan fingerprint density at radius 3 is 2.34 bits per heavy atom. The van der Waals surface area contributed by atoms with E-state index >= 15 is 0 Å². The normalized spacial score (nSPS) is 16.2. The predicted molar refractivity (Wildman–Crippen MR) is 182 cm³/mol. The molecule has 2 amide bonds. The number of anilines is 1. The molecule has 3 aromatic carbocycles. The number of amides is 2. The van der Waals surface area contributed by atoms with Crippen LogP contribution in [-0.4, -0.2) is 61.3 Å². The zero-order chi connectivity index (χ0) is 33.9. The summed E-state index contributed by atoms with van der Waals surface area (Å²) in [4.78, 5) is 37.1. The highest BCUT2D eigenvalue weighted by molar-refractivity contribution is 7.92. The highest BCUT2D eigenvalue weighted by Gasteiger charge is 2.31. The molecular weight excluding hydrogens is 614 g/mol. The molecule has 2 N–H and O–H groups in total. The van der Waals surface area contributed by atoms with Gasteiger partial charge in [0, 0.05) is 36.3 Å². The summed E-state index contributed by atoms with van der Waals surface area (Å²) in [6.07, 6.45) is 1.11. The van der Waals surface area contributed by atoms with Crippen molar-refractivity contribution in [3.63, 3.8) is 0 Å². The minimum atomic E-state index is -4.16. The van der Waals surface area contributed by atoms with Crippen molar-refractivity contribution in [3.8, 4) is 17.1 Å². The Hall–Kier alpha value is -4.77. The van der Waals surface area contributed by atoms with E-state index in [2.05, 4.69) is 40.8 Å². The van der Waals surface area contributed by atoms with Crippen LogP contribution in [-0.2, 0) is 16.4 Å². The Morgan fingerprint density at radius 2 is 1.68 bits per heavy atom. The minimum Gasteiger partial charge on any atom is -0.475 e. The first-order valence-electron chi connectivity index (χ1n) is 15.6. The Balaban J connectivity index is 1.60. The SMILES string of the molecule is CNC(=O)c1ccc(CCN2C(=O)c3cccc(c3)S(=O)(=O)Nc3nc(cc(-c4c(C)cccc4C)n3)OC[C@H]2CC(C)(C)C)cc1. The lowest BCUT2D eigenvalue weighted by atomic mass is 9.87. The summed E-state index contributed by atoms with van der Waals surface area (Å²) in [5.41, 5.74) is 4.88. The van der Waals surface area contributed by atoms with Crippen molar-refractivity contribution in [1.29, 1.82) is 0 Å². The molecule has 0 unspecified atom stereocenters. The van der Waals surface area contributed by atoms with Crippen LogP contribution < -0.4 is 14.8 Å². The Bertz CT molecular complexity index is 1880. The number of sulfonamides is 1. The molecular formula is C36H41N5O5S. The van der Waals surface area contributed by atoms with Gasteiger partial charge in [0.15, 0.2) is 0 Å². The summed E-state index contributed by atoms with van der Waals surface area (Å²) in [5.74, 6) is -0.417. The number of aromatic nitrogens is 2. The van der Waals surface area contributed by atoms with Crippen molar-refractivity contribution in [2.45, 2.75) is 58.4 Å². The molecule has 1 aliphatic heterocycles. The molecule has 4 bridgehead atoms. The molecule has 0 saturated heterocycles. The van der Waals surface area contributed by atoms with Crippen molar-refractivity contribution in [2.24, 2.45) is 5.41 Å². The number of ether oxygens (including phenoxy) is 1. The molecule has 2 heterocycles. The highest BCUT2D eigenvalue weighted by Crippen LogP contribution is 2.31. The summed E-state index contributed by atoms with van der Waals surface area (Å²) in [5, 5.41) is 2.62. The molecule has 1 aromatic heterocycles. The van der Waals surface area contributed by atoms with Crippen molar-refractivity contribution in [2.75, 3.05) is 24.9 Å². The van der Waals surface area contributed by atoms with Crippen LogP contribution in [0.4, 0.5) is 5.95 Å². The van der Waals surface area contributed by atoms with Crippen LogP contribution in [0.2, 0.25) is 0 Å². The molecule has 0 aliphatic carbocycles. The highest BCUT2D eigenvalue weighted by atomic mass is 32.2. The van der Waals surface area contributed by atoms with Gasteiger partial charge in [0.25, 0.3) is 21.8 Å². The first-order chi connectivity index (χ1) is 22.2. The summed E-state index contributed by atoms with van der Waals surface area (Å²) >= 11 is 0. The van der Waals surface area contributed by atoms with E-state index in [1.54, 1.807) is 42.3 Å². The lowest BCUT2D eigenvalue weighted by molar-refractivity contribution is 0.0540. The van der Waals surface area contributed by atoms with Gasteiger partial charge in [-0.25, -0.2) is 18.1 Å². The Morgan fingerprint density at radius 1 is 1.00 bits per heavy atom. The van der Waals surface area contributed by atoms with Gasteiger partial charge in [-0.15, -0.1) is 0 Å². The molecule has 0 spiro atoms. The van der Waals surface area contributed by atoms with Crippen LogP contribution in [0, 0.1) is 19.3 Å². The molecule has 0 fully saturated rings. The third kappa shape index (κ3) is 7.97. The molecule has 0 saturated carbocycles. The molecule has 246 valence electrons. The zero-order valence-electron chi connectivity index (χ0n) is 27.6. The second-order valence-electron chi connectivity index (χ2n) is 13.1. The predicted octanol–water partition coefficient (Wildman–Crippen LogP) is 5.80. The number of benzene rings is 3. The van der Waals surface area contributed by atoms with Crippen LogP contribution in [0.3, 0.4) is 0 Å². The summed E-state index contributed by atoms with van der Waals surface area (Å²) in [7, 11) is -2.58. The van der Waals surface area contributed by atoms with Crippen molar-refractivity contribution >= 4 is 27.8 Å². The molecule has 11 heteroatoms. The number of carbonyl (C=O) groups is 2. The summed E-state index contributed by atoms with van der Waals surface area (Å²) in [6.45, 7) is 10.7. The molecule has 0 radical (unpaired) electrons. The quantitative estimate of drug-likeness (QED) is 0.268. The second-order valence-corrected chi connectivity index (χ2v) is 14.8. The third-order valence-corrected chi connectivity index (χ3v) is 9.44. The van der Waals surface area contributed by atoms with E-state index in [-0.39, 0.29) is 52.2 Å². The number of fused-ring (bicyclic) bond motifs is 4. The number of nitrogens with one attached hydrogen (secondary N) is 2. The largest absolute Gasteiger partial charge is 0.475 e. The van der Waals surface area contributed by atoms with Gasteiger partial charge in [-0.3, -0.25) is 9.59 Å². The lowest BCUT2D eigenvalue weighted by Crippen LogP contribution is -2.46. The van der Waals surface area contributed by atoms with Gasteiger partial charge in [-0.1, -0.05) is 57.2 Å². The average molecular weight is 656 g/mol. The topological polar surface area (TPSA) is 131 Å². The monoisotopic (exact) mass is 655 g/mol. The van der Waals surface area contributed by atoms with Gasteiger partial charge in [-0.2, -0.15) is 4.98 Å². The number of hydrogen-bond acceptors (Lipinski definition) is 7. The van der Waals surface area contributed by atoms with Crippen molar-refractivity contribution in [3.05, 3.63) is 101 Å². The van der Waals surface area contributed by atoms with Gasteiger partial charge in [0.05, 0.1) is 16.6 Å². The Kier molecular flexibility index (Phi) is 9.67. The fourth-order valence-electron chi connectivity index (χ4n) is 5.85. The third-order valence-electron chi connectivity index (χ3n) is 8.11. The molecule has 5 rings (SSSR count). The molecule has 4 aromatic rings. The number of aryl methyl sites for hydroxylation is 2. The molecule has 47 heavy (non-hydrogen) atoms. The van der Waals surface area contributed by atoms with Gasteiger partial charge < -0.3 is 15.0 Å². The Labute approximate surface area is 276 Å². The van der Waals surface area contributed by atoms with Crippen molar-refractivity contribution < 1.29 is 22.7 Å². The van der Waals surface area contributed by atoms with Gasteiger partial charge in [-0.05, 0) is 79.1 Å². The van der Waals surface area contributed by atoms with Crippen LogP contribution in [0.15, 0.2) is 77.7 Å². The summed E-state index contributed by atoms with van der Waals surface area (Å²) < 4.78 is 36.1. The van der Waals surface area contributed by atoms with E-state index in [4.69, 9.17) is 4.74 Å². The number of nitrogens with zero attached hydrogens (tertiary/aromatic N) is 3. The van der Waals surface area contributed by atoms with Crippen LogP contribution in [0.1, 0.15) is 64.6 Å². The van der Waals surface area contributed by atoms with Crippen LogP contribution >= 0.6 is 0 Å². The van der Waals surface area contributed by atoms with Crippen LogP contribution in [0.25, 0.3) is 11.3 Å². The van der Waals surface area contributed by atoms with E-state index in [0.29, 0.717) is 30.6 Å². The van der Waals surface area contributed by atoms with Gasteiger partial charge in [0.2, 0.25) is 11.8 Å². The van der Waals surface area contributed by atoms with E-state index in [1.165, 1.54) is 12.1 Å². The number of hydrogen-bond donors (Lipinski definition) is 2. The van der Waals surface area contributed by atoms with E-state index in [9.17, 15) is 18.0 Å². The van der Waals surface area contributed by atoms with Gasteiger partial charge in [0.1, 0.15) is 6.61 Å². The standard InChI is InChI=1S/C36H41N5O5S/c1-23-9-7-10-24(2)32(23)30-20-31-39-35(38-30)40-47(44,45)29-12-8-11-27(19-29)34(43)41(28(22-46-31)21-36(3,4)5)18-17-25-13-15-26(16-14-25)33(42)37-6/h7-16,19-20,28H,17-18,21-22H2,1-6H3,(H,37,42)(H,38,39,40)/t28-/m1/s1. The second kappa shape index (κ2) is 13.5. The maximum atomic E-state index is 14.3. The maximum absolute atomic E-state index is 14.3. The first-order valence-corrected chi connectivity index (χ1v) is 17.1. The number of rotatable bonds is 6. The fourth-order valence-corrected chi connectivity index (χ4v) is 6.84. The average Bonchev–Trinajstić information content (AvgIpc) is 3.02. The van der Waals surface area contributed by atoms with E-state index in [0.717, 1.165) is 22.3 Å². The smallest absolute Gasteiger partial charge is 0.264 e. The van der Waals surface area contributed by atoms with E-state index in [1.807, 2.05) is 44.2 Å². The lowest BCUT2D eigenvalue weighted by Gasteiger charge is -2.36. The number of carbonyl (C=O) groups excluding carboxylic acids is 2. The van der Waals surface area contributed by atoms with Gasteiger partial charge >= 0.3 is 0 Å². The first kappa shape index (κ1) is 33.6. The van der Waals surface area contributed by atoms with Crippen molar-refractivity contribution in [1.82, 2.24) is 20.2 Å². The fraction of sp³-hybridized carbons (Fsp3) is 0.333.